The highest BCUT2D eigenvalue weighted by Crippen LogP contribution is 2.42. The second-order valence-corrected chi connectivity index (χ2v) is 10.0. The van der Waals surface area contributed by atoms with Gasteiger partial charge in [-0.3, -0.25) is 24.6 Å². The largest absolute Gasteiger partial charge is 0.286 e. The Morgan fingerprint density at radius 1 is 0.973 bits per heavy atom. The maximum atomic E-state index is 11.5. The highest BCUT2D eigenvalue weighted by molar-refractivity contribution is 7.10. The summed E-state index contributed by atoms with van der Waals surface area (Å²) in [5.41, 5.74) is 4.99. The molecule has 0 amide bonds. The first-order valence-corrected chi connectivity index (χ1v) is 12.7. The molecule has 1 atom stereocenters. The third-order valence-corrected chi connectivity index (χ3v) is 7.43. The number of hydrogen-bond donors (Lipinski definition) is 0. The summed E-state index contributed by atoms with van der Waals surface area (Å²) in [4.78, 5) is 25.1. The summed E-state index contributed by atoms with van der Waals surface area (Å²) in [6, 6.07) is 22.8. The van der Waals surface area contributed by atoms with E-state index in [1.807, 2.05) is 54.8 Å². The van der Waals surface area contributed by atoms with Crippen molar-refractivity contribution in [3.05, 3.63) is 134 Å². The van der Waals surface area contributed by atoms with Crippen LogP contribution < -0.4 is 9.70 Å². The number of aryl methyl sites for hydroxylation is 2. The molecule has 0 aliphatic carbocycles. The second-order valence-electron chi connectivity index (χ2n) is 9.00. The maximum absolute atomic E-state index is 11.5. The number of thiazole rings is 1. The topological polar surface area (TPSA) is 76.0 Å². The van der Waals surface area contributed by atoms with Crippen LogP contribution in [0.3, 0.4) is 0 Å². The molecule has 2 aliphatic heterocycles. The van der Waals surface area contributed by atoms with Crippen LogP contribution in [0, 0.1) is 24.0 Å². The van der Waals surface area contributed by atoms with E-state index in [-0.39, 0.29) is 10.6 Å². The third-order valence-electron chi connectivity index (χ3n) is 6.35. The van der Waals surface area contributed by atoms with Crippen LogP contribution in [-0.2, 0) is 0 Å². The predicted octanol–water partition coefficient (Wildman–Crippen LogP) is 6.69. The van der Waals surface area contributed by atoms with Crippen molar-refractivity contribution < 1.29 is 4.92 Å². The number of nitro groups is 1. The molecule has 37 heavy (non-hydrogen) atoms. The zero-order valence-corrected chi connectivity index (χ0v) is 21.1. The number of aliphatic imine (C=N–C) groups is 1. The third kappa shape index (κ3) is 4.21. The molecule has 3 heterocycles. The van der Waals surface area contributed by atoms with Gasteiger partial charge in [0.25, 0.3) is 5.69 Å². The zero-order valence-electron chi connectivity index (χ0n) is 20.3. The fraction of sp³-hybridized carbons (Fsp3) is 0.103. The smallest absolute Gasteiger partial charge is 0.269 e. The van der Waals surface area contributed by atoms with Gasteiger partial charge in [0.05, 0.1) is 15.5 Å². The molecule has 0 N–H and O–H groups in total. The van der Waals surface area contributed by atoms with Crippen molar-refractivity contribution in [1.82, 2.24) is 4.57 Å². The van der Waals surface area contributed by atoms with Gasteiger partial charge in [-0.1, -0.05) is 64.9 Å². The molecule has 1 aromatic heterocycles. The molecular weight excluding hydrogens is 482 g/mol. The van der Waals surface area contributed by atoms with E-state index < -0.39 is 6.04 Å². The normalized spacial score (nSPS) is 16.4. The lowest BCUT2D eigenvalue weighted by molar-refractivity contribution is -0.384. The molecule has 0 radical (unpaired) electrons. The molecule has 3 aromatic carbocycles. The molecule has 7 nitrogen and oxygen atoms in total. The molecule has 0 fully saturated rings. The van der Waals surface area contributed by atoms with Crippen molar-refractivity contribution in [3.8, 4) is 5.69 Å². The van der Waals surface area contributed by atoms with Crippen molar-refractivity contribution in [2.75, 3.05) is 4.90 Å². The van der Waals surface area contributed by atoms with Gasteiger partial charge in [-0.2, -0.15) is 0 Å². The van der Waals surface area contributed by atoms with Gasteiger partial charge in [-0.15, -0.1) is 0 Å². The quantitative estimate of drug-likeness (QED) is 0.229. The Balaban J connectivity index is 1.64. The lowest BCUT2D eigenvalue weighted by Gasteiger charge is -2.31. The van der Waals surface area contributed by atoms with E-state index in [4.69, 9.17) is 9.98 Å². The molecule has 0 spiro atoms. The molecular formula is C29H23N5O2S. The number of rotatable bonds is 4. The first kappa shape index (κ1) is 22.9. The van der Waals surface area contributed by atoms with Gasteiger partial charge in [0.2, 0.25) is 0 Å². The molecule has 0 bridgehead atoms. The minimum absolute atomic E-state index is 0.0493. The van der Waals surface area contributed by atoms with Gasteiger partial charge < -0.3 is 0 Å². The summed E-state index contributed by atoms with van der Waals surface area (Å²) in [6.07, 6.45) is 7.88. The summed E-state index contributed by atoms with van der Waals surface area (Å²) in [7, 11) is 0. The average Bonchev–Trinajstić information content (AvgIpc) is 3.29. The number of fused-ring (bicyclic) bond motifs is 3. The van der Waals surface area contributed by atoms with Crippen LogP contribution in [0.5, 0.6) is 0 Å². The van der Waals surface area contributed by atoms with Crippen LogP contribution in [0.25, 0.3) is 5.69 Å². The highest BCUT2D eigenvalue weighted by atomic mass is 32.1. The molecule has 4 aromatic rings. The fourth-order valence-electron chi connectivity index (χ4n) is 4.47. The average molecular weight is 506 g/mol. The number of allylic oxidation sites excluding steroid dienone is 2. The van der Waals surface area contributed by atoms with Crippen molar-refractivity contribution >= 4 is 34.4 Å². The molecule has 1 unspecified atom stereocenters. The number of benzene rings is 3. The van der Waals surface area contributed by atoms with E-state index in [0.717, 1.165) is 38.3 Å². The van der Waals surface area contributed by atoms with Crippen LogP contribution in [0.1, 0.15) is 27.6 Å². The Bertz CT molecular complexity index is 1670. The summed E-state index contributed by atoms with van der Waals surface area (Å²) < 4.78 is 2.15. The standard InChI is InChI=1S/C29H23N5O2S/c1-19-9-13-22(14-10-19)30-29-33(23-15-11-20(2)12-16-23)28-27(37-29)26(31-25-8-3-4-17-32(25)28)21-6-5-7-24(18-21)34(35)36/h3-18,26H,1-2H3. The van der Waals surface area contributed by atoms with Gasteiger partial charge in [0, 0.05) is 24.0 Å². The Morgan fingerprint density at radius 2 is 1.70 bits per heavy atom. The maximum Gasteiger partial charge on any atom is 0.269 e. The SMILES string of the molecule is Cc1ccc(N=c2sc3c(n2-c2ccc(C)cc2)N2C=CC=CC2=NC3c2cccc([N+](=O)[O-])c2)cc1. The van der Waals surface area contributed by atoms with Crippen LogP contribution in [0.4, 0.5) is 17.2 Å². The number of anilines is 1. The Kier molecular flexibility index (Phi) is 5.65. The minimum Gasteiger partial charge on any atom is -0.286 e. The van der Waals surface area contributed by atoms with Crippen LogP contribution in [-0.4, -0.2) is 15.3 Å². The van der Waals surface area contributed by atoms with Gasteiger partial charge in [0.1, 0.15) is 17.7 Å². The summed E-state index contributed by atoms with van der Waals surface area (Å²) in [5.74, 6) is 1.70. The van der Waals surface area contributed by atoms with Crippen molar-refractivity contribution in [2.24, 2.45) is 9.98 Å². The number of nitrogens with zero attached hydrogens (tertiary/aromatic N) is 5. The lowest BCUT2D eigenvalue weighted by Crippen LogP contribution is -2.33. The van der Waals surface area contributed by atoms with E-state index in [0.29, 0.717) is 0 Å². The predicted molar refractivity (Wildman–Crippen MR) is 148 cm³/mol. The van der Waals surface area contributed by atoms with E-state index in [2.05, 4.69) is 47.6 Å². The van der Waals surface area contributed by atoms with Gasteiger partial charge in [-0.05, 0) is 55.8 Å². The number of aromatic nitrogens is 1. The number of amidine groups is 1. The summed E-state index contributed by atoms with van der Waals surface area (Å²) >= 11 is 1.55. The molecule has 6 rings (SSSR count). The minimum atomic E-state index is -0.402. The molecule has 182 valence electrons. The Hall–Kier alpha value is -4.56. The van der Waals surface area contributed by atoms with Crippen molar-refractivity contribution in [2.45, 2.75) is 19.9 Å². The van der Waals surface area contributed by atoms with E-state index in [1.54, 1.807) is 23.5 Å². The molecule has 8 heteroatoms. The van der Waals surface area contributed by atoms with Crippen LogP contribution in [0.2, 0.25) is 0 Å². The number of nitro benzene ring substituents is 1. The van der Waals surface area contributed by atoms with Gasteiger partial charge in [-0.25, -0.2) is 4.99 Å². The second kappa shape index (κ2) is 9.15. The van der Waals surface area contributed by atoms with Crippen LogP contribution in [0.15, 0.2) is 107 Å². The Labute approximate surface area is 217 Å². The lowest BCUT2D eigenvalue weighted by atomic mass is 10.0. The molecule has 0 saturated carbocycles. The fourth-order valence-corrected chi connectivity index (χ4v) is 5.68. The highest BCUT2D eigenvalue weighted by Gasteiger charge is 2.33. The summed E-state index contributed by atoms with van der Waals surface area (Å²) in [6.45, 7) is 4.12. The molecule has 2 aliphatic rings. The number of non-ortho nitro benzene ring substituents is 1. The van der Waals surface area contributed by atoms with Crippen molar-refractivity contribution in [1.29, 1.82) is 0 Å². The van der Waals surface area contributed by atoms with E-state index in [1.165, 1.54) is 17.2 Å². The first-order valence-electron chi connectivity index (χ1n) is 11.9. The van der Waals surface area contributed by atoms with Gasteiger partial charge in [0.15, 0.2) is 4.80 Å². The van der Waals surface area contributed by atoms with Crippen LogP contribution >= 0.6 is 11.3 Å². The molecule has 0 saturated heterocycles. The van der Waals surface area contributed by atoms with Gasteiger partial charge >= 0.3 is 0 Å². The van der Waals surface area contributed by atoms with Crippen molar-refractivity contribution in [3.63, 3.8) is 0 Å². The first-order chi connectivity index (χ1) is 18.0. The van der Waals surface area contributed by atoms with E-state index >= 15 is 0 Å². The van der Waals surface area contributed by atoms with E-state index in [9.17, 15) is 10.1 Å². The zero-order chi connectivity index (χ0) is 25.5. The Morgan fingerprint density at radius 3 is 2.43 bits per heavy atom. The monoisotopic (exact) mass is 505 g/mol. The summed E-state index contributed by atoms with van der Waals surface area (Å²) in [5, 5.41) is 11.5. The number of hydrogen-bond acceptors (Lipinski definition) is 6.